The molecule has 0 spiro atoms. The molecule has 1 aliphatic rings. The van der Waals surface area contributed by atoms with Crippen molar-refractivity contribution in [1.29, 1.82) is 0 Å². The number of nitrogens with one attached hydrogen (secondary N) is 1. The van der Waals surface area contributed by atoms with Gasteiger partial charge >= 0.3 is 5.97 Å². The van der Waals surface area contributed by atoms with E-state index in [0.717, 1.165) is 12.0 Å². The van der Waals surface area contributed by atoms with Crippen molar-refractivity contribution < 1.29 is 9.90 Å². The Morgan fingerprint density at radius 3 is 2.12 bits per heavy atom. The molecule has 1 fully saturated rings. The van der Waals surface area contributed by atoms with Crippen LogP contribution in [0, 0.1) is 0 Å². The lowest BCUT2D eigenvalue weighted by Gasteiger charge is -2.12. The molecule has 2 unspecified atom stereocenters. The van der Waals surface area contributed by atoms with Crippen molar-refractivity contribution in [3.8, 4) is 0 Å². The van der Waals surface area contributed by atoms with Gasteiger partial charge in [-0.25, -0.2) is 0 Å². The second-order valence-corrected chi connectivity index (χ2v) is 3.59. The molecule has 0 amide bonds. The van der Waals surface area contributed by atoms with Crippen LogP contribution in [-0.4, -0.2) is 23.2 Å². The molecule has 0 radical (unpaired) electrons. The summed E-state index contributed by atoms with van der Waals surface area (Å²) in [5.41, 5.74) is 1.09. The second-order valence-electron chi connectivity index (χ2n) is 3.59. The Bertz CT molecular complexity index is 282. The lowest BCUT2D eigenvalue weighted by Crippen LogP contribution is -2.35. The Balaban J connectivity index is 0.000000673. The van der Waals surface area contributed by atoms with Crippen molar-refractivity contribution in [1.82, 2.24) is 5.32 Å². The van der Waals surface area contributed by atoms with Gasteiger partial charge in [0.2, 0.25) is 0 Å². The molecule has 90 valence electrons. The van der Waals surface area contributed by atoms with Crippen LogP contribution >= 0.6 is 0 Å². The Morgan fingerprint density at radius 1 is 1.31 bits per heavy atom. The fourth-order valence-corrected chi connectivity index (χ4v) is 1.66. The van der Waals surface area contributed by atoms with Crippen molar-refractivity contribution in [2.24, 2.45) is 0 Å². The average Bonchev–Trinajstić information content (AvgIpc) is 2.70. The van der Waals surface area contributed by atoms with E-state index < -0.39 is 5.97 Å². The summed E-state index contributed by atoms with van der Waals surface area (Å²) in [5, 5.41) is 11.8. The molecule has 0 saturated carbocycles. The third kappa shape index (κ3) is 4.45. The quantitative estimate of drug-likeness (QED) is 0.571. The number of hydrogen-bond acceptors (Lipinski definition) is 2. The van der Waals surface area contributed by atoms with Gasteiger partial charge in [0.15, 0.2) is 0 Å². The highest BCUT2D eigenvalue weighted by atomic mass is 16.4. The molecular weight excluding hydrogens is 202 g/mol. The van der Waals surface area contributed by atoms with Crippen LogP contribution in [0.2, 0.25) is 0 Å². The molecule has 2 atom stereocenters. The number of carboxylic acid groups (broad SMARTS) is 1. The minimum atomic E-state index is -0.762. The molecule has 1 rings (SSSR count). The van der Waals surface area contributed by atoms with E-state index in [2.05, 4.69) is 18.5 Å². The maximum atomic E-state index is 10.6. The summed E-state index contributed by atoms with van der Waals surface area (Å²) in [4.78, 5) is 10.6. The summed E-state index contributed by atoms with van der Waals surface area (Å²) < 4.78 is 0. The Labute approximate surface area is 97.6 Å². The number of carboxylic acids is 1. The van der Waals surface area contributed by atoms with Crippen molar-refractivity contribution in [3.05, 3.63) is 37.0 Å². The Hall–Kier alpha value is -1.35. The standard InChI is InChI=1S/C10H15NO2.C3H6/c1-3-7(4-2)8-5-6-9(11-8)10(12)13;1-3-2/h3-4,8-9,11H,1,5-6H2,2H3,(H,12,13);3H,1H2,2H3/b7-4+;. The zero-order valence-corrected chi connectivity index (χ0v) is 10.1. The van der Waals surface area contributed by atoms with Gasteiger partial charge in [-0.3, -0.25) is 10.1 Å². The zero-order valence-electron chi connectivity index (χ0n) is 10.1. The summed E-state index contributed by atoms with van der Waals surface area (Å²) in [6, 6.07) is -0.219. The van der Waals surface area contributed by atoms with Gasteiger partial charge in [0.25, 0.3) is 0 Å². The molecule has 3 heteroatoms. The fourth-order valence-electron chi connectivity index (χ4n) is 1.66. The first kappa shape index (κ1) is 14.6. The summed E-state index contributed by atoms with van der Waals surface area (Å²) in [6.07, 6.45) is 7.07. The monoisotopic (exact) mass is 223 g/mol. The second kappa shape index (κ2) is 7.88. The first-order chi connectivity index (χ1) is 7.60. The van der Waals surface area contributed by atoms with Crippen LogP contribution in [0.4, 0.5) is 0 Å². The molecule has 3 nitrogen and oxygen atoms in total. The smallest absolute Gasteiger partial charge is 0.320 e. The first-order valence-electron chi connectivity index (χ1n) is 5.45. The molecular formula is C13H21NO2. The van der Waals surface area contributed by atoms with E-state index in [1.165, 1.54) is 0 Å². The van der Waals surface area contributed by atoms with Crippen molar-refractivity contribution in [2.75, 3.05) is 0 Å². The number of rotatable bonds is 3. The highest BCUT2D eigenvalue weighted by Crippen LogP contribution is 2.19. The third-order valence-corrected chi connectivity index (χ3v) is 2.42. The molecule has 1 heterocycles. The Kier molecular flexibility index (Phi) is 7.21. The minimum Gasteiger partial charge on any atom is -0.480 e. The van der Waals surface area contributed by atoms with Gasteiger partial charge in [-0.15, -0.1) is 6.58 Å². The van der Waals surface area contributed by atoms with Crippen LogP contribution in [0.5, 0.6) is 0 Å². The molecule has 1 aliphatic heterocycles. The van der Waals surface area contributed by atoms with Crippen LogP contribution in [-0.2, 0) is 4.79 Å². The number of allylic oxidation sites excluding steroid dienone is 2. The minimum absolute atomic E-state index is 0.170. The molecule has 0 aromatic rings. The van der Waals surface area contributed by atoms with Gasteiger partial charge in [0.1, 0.15) is 6.04 Å². The van der Waals surface area contributed by atoms with E-state index >= 15 is 0 Å². The largest absolute Gasteiger partial charge is 0.480 e. The predicted octanol–water partition coefficient (Wildman–Crippen LogP) is 2.52. The maximum absolute atomic E-state index is 10.6. The van der Waals surface area contributed by atoms with Gasteiger partial charge in [-0.05, 0) is 32.3 Å². The molecule has 0 aliphatic carbocycles. The summed E-state index contributed by atoms with van der Waals surface area (Å²) in [6.45, 7) is 10.9. The average molecular weight is 223 g/mol. The van der Waals surface area contributed by atoms with E-state index in [-0.39, 0.29) is 12.1 Å². The third-order valence-electron chi connectivity index (χ3n) is 2.42. The molecule has 0 aromatic heterocycles. The highest BCUT2D eigenvalue weighted by Gasteiger charge is 2.29. The van der Waals surface area contributed by atoms with Gasteiger partial charge < -0.3 is 5.11 Å². The van der Waals surface area contributed by atoms with Crippen LogP contribution in [0.1, 0.15) is 26.7 Å². The fraction of sp³-hybridized carbons (Fsp3) is 0.462. The van der Waals surface area contributed by atoms with E-state index in [4.69, 9.17) is 5.11 Å². The number of aliphatic carboxylic acids is 1. The van der Waals surface area contributed by atoms with Crippen molar-refractivity contribution in [2.45, 2.75) is 38.8 Å². The maximum Gasteiger partial charge on any atom is 0.320 e. The van der Waals surface area contributed by atoms with E-state index in [1.54, 1.807) is 12.2 Å². The SMILES string of the molecule is C=C/C(=C\C)C1CCC(C(=O)O)N1.C=CC. The molecule has 2 N–H and O–H groups in total. The van der Waals surface area contributed by atoms with Gasteiger partial charge in [-0.2, -0.15) is 0 Å². The van der Waals surface area contributed by atoms with Crippen molar-refractivity contribution >= 4 is 5.97 Å². The molecule has 0 bridgehead atoms. The molecule has 0 aromatic carbocycles. The summed E-state index contributed by atoms with van der Waals surface area (Å²) in [5.74, 6) is -0.762. The lowest BCUT2D eigenvalue weighted by atomic mass is 10.1. The van der Waals surface area contributed by atoms with Crippen LogP contribution in [0.15, 0.2) is 37.0 Å². The van der Waals surface area contributed by atoms with Crippen LogP contribution in [0.3, 0.4) is 0 Å². The highest BCUT2D eigenvalue weighted by molar-refractivity contribution is 5.74. The first-order valence-corrected chi connectivity index (χ1v) is 5.45. The normalized spacial score (nSPS) is 24.2. The lowest BCUT2D eigenvalue weighted by molar-refractivity contribution is -0.139. The van der Waals surface area contributed by atoms with Gasteiger partial charge in [0.05, 0.1) is 0 Å². The van der Waals surface area contributed by atoms with Gasteiger partial charge in [-0.1, -0.05) is 24.8 Å². The van der Waals surface area contributed by atoms with E-state index in [1.807, 2.05) is 19.9 Å². The van der Waals surface area contributed by atoms with Crippen molar-refractivity contribution in [3.63, 3.8) is 0 Å². The number of hydrogen-bond donors (Lipinski definition) is 2. The number of carbonyl (C=O) groups is 1. The topological polar surface area (TPSA) is 49.3 Å². The molecule has 16 heavy (non-hydrogen) atoms. The van der Waals surface area contributed by atoms with E-state index in [0.29, 0.717) is 6.42 Å². The zero-order chi connectivity index (χ0) is 12.6. The molecule has 1 saturated heterocycles. The summed E-state index contributed by atoms with van der Waals surface area (Å²) >= 11 is 0. The van der Waals surface area contributed by atoms with Crippen LogP contribution < -0.4 is 5.32 Å². The summed E-state index contributed by atoms with van der Waals surface area (Å²) in [7, 11) is 0. The van der Waals surface area contributed by atoms with Crippen LogP contribution in [0.25, 0.3) is 0 Å². The van der Waals surface area contributed by atoms with Gasteiger partial charge in [0, 0.05) is 6.04 Å². The Morgan fingerprint density at radius 2 is 1.81 bits per heavy atom. The predicted molar refractivity (Wildman–Crippen MR) is 67.4 cm³/mol. The van der Waals surface area contributed by atoms with E-state index in [9.17, 15) is 4.79 Å².